The van der Waals surface area contributed by atoms with Gasteiger partial charge in [-0.3, -0.25) is 9.69 Å². The molecule has 2 saturated heterocycles. The Morgan fingerprint density at radius 3 is 2.69 bits per heavy atom. The van der Waals surface area contributed by atoms with E-state index in [4.69, 9.17) is 14.2 Å². The van der Waals surface area contributed by atoms with Gasteiger partial charge in [0.05, 0.1) is 45.1 Å². The summed E-state index contributed by atoms with van der Waals surface area (Å²) in [6, 6.07) is 16.6. The van der Waals surface area contributed by atoms with Crippen LogP contribution in [0, 0.1) is 0 Å². The number of aliphatic hydroxyl groups is 1. The second kappa shape index (κ2) is 11.1. The zero-order valence-corrected chi connectivity index (χ0v) is 20.5. The van der Waals surface area contributed by atoms with Crippen molar-refractivity contribution in [3.05, 3.63) is 65.2 Å². The zero-order valence-electron chi connectivity index (χ0n) is 20.5. The van der Waals surface area contributed by atoms with Crippen LogP contribution in [0.25, 0.3) is 0 Å². The van der Waals surface area contributed by atoms with Crippen LogP contribution in [0.5, 0.6) is 5.75 Å². The summed E-state index contributed by atoms with van der Waals surface area (Å²) in [5.41, 5.74) is 3.76. The summed E-state index contributed by atoms with van der Waals surface area (Å²) in [4.78, 5) is 17.4. The third kappa shape index (κ3) is 5.86. The fourth-order valence-electron chi connectivity index (χ4n) is 5.63. The van der Waals surface area contributed by atoms with Crippen molar-refractivity contribution in [3.63, 3.8) is 0 Å². The van der Waals surface area contributed by atoms with Gasteiger partial charge in [-0.1, -0.05) is 36.4 Å². The number of hydrogen-bond acceptors (Lipinski definition) is 6. The second-order valence-electron chi connectivity index (χ2n) is 9.95. The highest BCUT2D eigenvalue weighted by Crippen LogP contribution is 2.30. The summed E-state index contributed by atoms with van der Waals surface area (Å²) in [7, 11) is 1.67. The molecule has 0 bridgehead atoms. The van der Waals surface area contributed by atoms with Crippen LogP contribution in [-0.4, -0.2) is 78.6 Å². The van der Waals surface area contributed by atoms with Gasteiger partial charge >= 0.3 is 0 Å². The minimum atomic E-state index is -0.532. The van der Waals surface area contributed by atoms with Crippen molar-refractivity contribution in [1.82, 2.24) is 9.80 Å². The average molecular weight is 481 g/mol. The molecule has 0 aromatic heterocycles. The summed E-state index contributed by atoms with van der Waals surface area (Å²) in [6.45, 7) is 3.44. The Kier molecular flexibility index (Phi) is 7.68. The van der Waals surface area contributed by atoms with Crippen LogP contribution in [0.2, 0.25) is 0 Å². The summed E-state index contributed by atoms with van der Waals surface area (Å²) in [5, 5.41) is 10.4. The molecule has 7 heteroatoms. The van der Waals surface area contributed by atoms with E-state index in [2.05, 4.69) is 35.2 Å². The maximum Gasteiger partial charge on any atom is 0.225 e. The first-order valence-electron chi connectivity index (χ1n) is 12.7. The van der Waals surface area contributed by atoms with Crippen LogP contribution >= 0.6 is 0 Å². The molecule has 2 fully saturated rings. The van der Waals surface area contributed by atoms with Gasteiger partial charge in [0.1, 0.15) is 5.75 Å². The van der Waals surface area contributed by atoms with Crippen molar-refractivity contribution in [2.45, 2.75) is 63.1 Å². The lowest BCUT2D eigenvalue weighted by Gasteiger charge is -2.44. The Morgan fingerprint density at radius 2 is 1.89 bits per heavy atom. The van der Waals surface area contributed by atoms with E-state index in [-0.39, 0.29) is 24.2 Å². The molecule has 188 valence electrons. The molecule has 1 amide bonds. The number of carbonyl (C=O) groups excluding carboxylic acids is 1. The number of amides is 1. The first kappa shape index (κ1) is 24.3. The third-order valence-electron chi connectivity index (χ3n) is 7.52. The molecule has 2 aromatic rings. The van der Waals surface area contributed by atoms with Crippen molar-refractivity contribution in [2.75, 3.05) is 33.4 Å². The Bertz CT molecular complexity index is 997. The molecule has 2 aromatic carbocycles. The largest absolute Gasteiger partial charge is 0.497 e. The number of carbonyl (C=O) groups is 1. The normalized spacial score (nSPS) is 27.3. The molecule has 3 aliphatic heterocycles. The smallest absolute Gasteiger partial charge is 0.225 e. The Morgan fingerprint density at radius 1 is 1.09 bits per heavy atom. The highest BCUT2D eigenvalue weighted by atomic mass is 16.5. The van der Waals surface area contributed by atoms with E-state index >= 15 is 0 Å². The van der Waals surface area contributed by atoms with Crippen molar-refractivity contribution in [2.24, 2.45) is 0 Å². The van der Waals surface area contributed by atoms with Gasteiger partial charge in [-0.25, -0.2) is 0 Å². The SMILES string of the molecule is COc1ccc(CN2C[C@H](O)COC[C@@H]3O[C@H](CC(=O)N4CCc5ccccc5C4)CC[C@H]32)cc1. The zero-order chi connectivity index (χ0) is 24.2. The Hall–Kier alpha value is -2.45. The standard InChI is InChI=1S/C28H36N2O5/c1-33-24-8-6-20(7-9-24)15-30-17-23(31)18-34-19-27-26(30)11-10-25(35-27)14-28(32)29-13-12-21-4-2-3-5-22(21)16-29/h2-9,23,25-27,31H,10-19H2,1H3/t23-,25-,26+,27-/m0/s1. The average Bonchev–Trinajstić information content (AvgIpc) is 2.88. The molecule has 3 heterocycles. The number of aliphatic hydroxyl groups excluding tert-OH is 1. The molecule has 0 saturated carbocycles. The molecule has 1 N–H and O–H groups in total. The van der Waals surface area contributed by atoms with Crippen LogP contribution in [0.3, 0.4) is 0 Å². The lowest BCUT2D eigenvalue weighted by molar-refractivity contribution is -0.161. The fraction of sp³-hybridized carbons (Fsp3) is 0.536. The quantitative estimate of drug-likeness (QED) is 0.710. The highest BCUT2D eigenvalue weighted by Gasteiger charge is 2.38. The number of fused-ring (bicyclic) bond motifs is 2. The monoisotopic (exact) mass is 480 g/mol. The van der Waals surface area contributed by atoms with Crippen LogP contribution in [0.1, 0.15) is 36.0 Å². The molecule has 4 atom stereocenters. The predicted molar refractivity (Wildman–Crippen MR) is 132 cm³/mol. The summed E-state index contributed by atoms with van der Waals surface area (Å²) in [6.07, 6.45) is 2.31. The summed E-state index contributed by atoms with van der Waals surface area (Å²) in [5.74, 6) is 0.999. The first-order chi connectivity index (χ1) is 17.1. The van der Waals surface area contributed by atoms with Crippen LogP contribution < -0.4 is 4.74 Å². The van der Waals surface area contributed by atoms with Gasteiger partial charge in [-0.2, -0.15) is 0 Å². The van der Waals surface area contributed by atoms with E-state index in [1.807, 2.05) is 23.1 Å². The predicted octanol–water partition coefficient (Wildman–Crippen LogP) is 2.78. The molecular weight excluding hydrogens is 444 g/mol. The van der Waals surface area contributed by atoms with Gasteiger partial charge in [0, 0.05) is 32.2 Å². The molecule has 5 rings (SSSR count). The van der Waals surface area contributed by atoms with E-state index in [1.165, 1.54) is 16.7 Å². The van der Waals surface area contributed by atoms with E-state index in [0.717, 1.165) is 38.1 Å². The van der Waals surface area contributed by atoms with Crippen molar-refractivity contribution >= 4 is 5.91 Å². The van der Waals surface area contributed by atoms with Crippen LogP contribution in [0.15, 0.2) is 48.5 Å². The Balaban J connectivity index is 1.21. The minimum Gasteiger partial charge on any atom is -0.497 e. The van der Waals surface area contributed by atoms with Crippen molar-refractivity contribution in [1.29, 1.82) is 0 Å². The van der Waals surface area contributed by atoms with E-state index in [0.29, 0.717) is 32.7 Å². The molecular formula is C28H36N2O5. The van der Waals surface area contributed by atoms with E-state index < -0.39 is 6.10 Å². The molecule has 0 radical (unpaired) electrons. The third-order valence-corrected chi connectivity index (χ3v) is 7.52. The van der Waals surface area contributed by atoms with Gasteiger partial charge in [0.2, 0.25) is 5.91 Å². The summed E-state index contributed by atoms with van der Waals surface area (Å²) < 4.78 is 17.5. The number of ether oxygens (including phenoxy) is 3. The molecule has 3 aliphatic rings. The molecule has 0 aliphatic carbocycles. The van der Waals surface area contributed by atoms with Gasteiger partial charge in [-0.15, -0.1) is 0 Å². The number of rotatable bonds is 5. The maximum atomic E-state index is 13.1. The van der Waals surface area contributed by atoms with Crippen molar-refractivity contribution < 1.29 is 24.1 Å². The van der Waals surface area contributed by atoms with Gasteiger partial charge in [0.25, 0.3) is 0 Å². The molecule has 7 nitrogen and oxygen atoms in total. The van der Waals surface area contributed by atoms with Gasteiger partial charge in [0.15, 0.2) is 0 Å². The molecule has 0 spiro atoms. The van der Waals surface area contributed by atoms with E-state index in [1.54, 1.807) is 7.11 Å². The van der Waals surface area contributed by atoms with Gasteiger partial charge in [-0.05, 0) is 48.1 Å². The maximum absolute atomic E-state index is 13.1. The Labute approximate surface area is 207 Å². The lowest BCUT2D eigenvalue weighted by atomic mass is 9.93. The second-order valence-corrected chi connectivity index (χ2v) is 9.95. The number of hydrogen-bond donors (Lipinski definition) is 1. The number of β-amino-alcohol motifs (C(OH)–C–C–N with tert-alkyl or cyclic N) is 1. The van der Waals surface area contributed by atoms with E-state index in [9.17, 15) is 9.90 Å². The lowest BCUT2D eigenvalue weighted by Crippen LogP contribution is -2.55. The minimum absolute atomic E-state index is 0.100. The summed E-state index contributed by atoms with van der Waals surface area (Å²) >= 11 is 0. The van der Waals surface area contributed by atoms with Gasteiger partial charge < -0.3 is 24.2 Å². The molecule has 0 unspecified atom stereocenters. The number of benzene rings is 2. The highest BCUT2D eigenvalue weighted by molar-refractivity contribution is 5.77. The molecule has 35 heavy (non-hydrogen) atoms. The number of methoxy groups -OCH3 is 1. The van der Waals surface area contributed by atoms with Crippen LogP contribution in [-0.2, 0) is 33.8 Å². The fourth-order valence-corrected chi connectivity index (χ4v) is 5.63. The first-order valence-corrected chi connectivity index (χ1v) is 12.7. The topological polar surface area (TPSA) is 71.5 Å². The van der Waals surface area contributed by atoms with Crippen LogP contribution in [0.4, 0.5) is 0 Å². The van der Waals surface area contributed by atoms with Crippen molar-refractivity contribution in [3.8, 4) is 5.75 Å². The number of nitrogens with zero attached hydrogens (tertiary/aromatic N) is 2.